The molecule has 1 atom stereocenters. The van der Waals surface area contributed by atoms with E-state index in [1.807, 2.05) is 72.8 Å². The highest BCUT2D eigenvalue weighted by Gasteiger charge is 2.32. The average Bonchev–Trinajstić information content (AvgIpc) is 3.18. The summed E-state index contributed by atoms with van der Waals surface area (Å²) in [6.07, 6.45) is 0.812. The van der Waals surface area contributed by atoms with Crippen LogP contribution in [0.3, 0.4) is 0 Å². The molecule has 0 radical (unpaired) electrons. The largest absolute Gasteiger partial charge is 0.322 e. The fourth-order valence-corrected chi connectivity index (χ4v) is 3.89. The smallest absolute Gasteiger partial charge is 0.320 e. The lowest BCUT2D eigenvalue weighted by Gasteiger charge is -2.25. The number of fused-ring (bicyclic) bond motifs is 1. The third kappa shape index (κ3) is 4.17. The van der Waals surface area contributed by atoms with Crippen LogP contribution in [0, 0.1) is 0 Å². The van der Waals surface area contributed by atoms with E-state index in [1.165, 1.54) is 0 Å². The Balaban J connectivity index is 1.58. The van der Waals surface area contributed by atoms with Crippen LogP contribution in [0.25, 0.3) is 0 Å². The van der Waals surface area contributed by atoms with Crippen molar-refractivity contribution in [1.29, 1.82) is 0 Å². The first-order chi connectivity index (χ1) is 14.1. The van der Waals surface area contributed by atoms with E-state index in [-0.39, 0.29) is 5.91 Å². The molecule has 0 saturated carbocycles. The molecule has 29 heavy (non-hydrogen) atoms. The van der Waals surface area contributed by atoms with Gasteiger partial charge in [-0.1, -0.05) is 60.7 Å². The van der Waals surface area contributed by atoms with E-state index in [9.17, 15) is 9.59 Å². The quantitative estimate of drug-likeness (QED) is 0.594. The van der Waals surface area contributed by atoms with E-state index < -0.39 is 12.1 Å². The highest BCUT2D eigenvalue weighted by Crippen LogP contribution is 2.30. The van der Waals surface area contributed by atoms with Gasteiger partial charge in [-0.05, 0) is 51.7 Å². The fourth-order valence-electron chi connectivity index (χ4n) is 3.51. The normalized spacial score (nSPS) is 13.5. The number of para-hydroxylation sites is 2. The second-order valence-corrected chi connectivity index (χ2v) is 7.64. The summed E-state index contributed by atoms with van der Waals surface area (Å²) in [4.78, 5) is 27.9. The van der Waals surface area contributed by atoms with Gasteiger partial charge in [-0.15, -0.1) is 0 Å². The maximum atomic E-state index is 13.4. The van der Waals surface area contributed by atoms with Crippen LogP contribution in [-0.2, 0) is 11.2 Å². The number of halogens is 1. The number of hydrogen-bond acceptors (Lipinski definition) is 2. The van der Waals surface area contributed by atoms with Gasteiger partial charge in [0.2, 0.25) is 0 Å². The summed E-state index contributed by atoms with van der Waals surface area (Å²) in [6, 6.07) is 23.3. The summed E-state index contributed by atoms with van der Waals surface area (Å²) in [7, 11) is 0. The van der Waals surface area contributed by atoms with E-state index in [0.29, 0.717) is 12.2 Å². The van der Waals surface area contributed by atoms with Gasteiger partial charge in [0.05, 0.1) is 5.69 Å². The Hall–Kier alpha value is -3.12. The second kappa shape index (κ2) is 8.49. The predicted molar refractivity (Wildman–Crippen MR) is 118 cm³/mol. The Morgan fingerprint density at radius 3 is 2.38 bits per heavy atom. The maximum absolute atomic E-state index is 13.4. The van der Waals surface area contributed by atoms with Crippen LogP contribution in [0.2, 0.25) is 0 Å². The molecule has 1 aliphatic rings. The molecule has 1 aliphatic heterocycles. The van der Waals surface area contributed by atoms with Gasteiger partial charge in [0.15, 0.2) is 0 Å². The lowest BCUT2D eigenvalue weighted by molar-refractivity contribution is -0.120. The summed E-state index contributed by atoms with van der Waals surface area (Å²) >= 11 is 3.42. The van der Waals surface area contributed by atoms with Crippen molar-refractivity contribution >= 4 is 39.2 Å². The highest BCUT2D eigenvalue weighted by molar-refractivity contribution is 9.10. The molecule has 1 unspecified atom stereocenters. The first-order valence-corrected chi connectivity index (χ1v) is 10.2. The van der Waals surface area contributed by atoms with Crippen LogP contribution in [0.1, 0.15) is 17.2 Å². The standard InChI is InChI=1S/C23H20BrN3O2/c24-18-11-5-6-12-19(18)25-23(29)26-21(17-9-2-1-3-10-17)22(28)27-15-14-16-8-4-7-13-20(16)27/h1-13,21H,14-15H2,(H2,25,26,29). The van der Waals surface area contributed by atoms with Crippen molar-refractivity contribution in [3.8, 4) is 0 Å². The molecular weight excluding hydrogens is 430 g/mol. The van der Waals surface area contributed by atoms with E-state index in [1.54, 1.807) is 11.0 Å². The first-order valence-electron chi connectivity index (χ1n) is 9.40. The third-order valence-corrected chi connectivity index (χ3v) is 5.62. The first kappa shape index (κ1) is 19.2. The zero-order valence-electron chi connectivity index (χ0n) is 15.6. The summed E-state index contributed by atoms with van der Waals surface area (Å²) in [6.45, 7) is 0.606. The zero-order valence-corrected chi connectivity index (χ0v) is 17.2. The van der Waals surface area contributed by atoms with Gasteiger partial charge in [-0.3, -0.25) is 4.79 Å². The molecule has 4 rings (SSSR count). The van der Waals surface area contributed by atoms with Crippen molar-refractivity contribution in [3.05, 3.63) is 94.5 Å². The minimum atomic E-state index is -0.787. The number of anilines is 2. The number of urea groups is 1. The number of nitrogens with one attached hydrogen (secondary N) is 2. The Bertz CT molecular complexity index is 1040. The molecule has 146 valence electrons. The van der Waals surface area contributed by atoms with Crippen LogP contribution < -0.4 is 15.5 Å². The summed E-state index contributed by atoms with van der Waals surface area (Å²) in [5, 5.41) is 5.66. The van der Waals surface area contributed by atoms with Crippen LogP contribution >= 0.6 is 15.9 Å². The van der Waals surface area contributed by atoms with E-state index in [4.69, 9.17) is 0 Å². The van der Waals surface area contributed by atoms with Gasteiger partial charge in [-0.2, -0.15) is 0 Å². The molecule has 0 fully saturated rings. The number of rotatable bonds is 4. The molecule has 0 saturated heterocycles. The van der Waals surface area contributed by atoms with E-state index >= 15 is 0 Å². The molecule has 0 aliphatic carbocycles. The predicted octanol–water partition coefficient (Wildman–Crippen LogP) is 4.90. The van der Waals surface area contributed by atoms with Crippen molar-refractivity contribution in [3.63, 3.8) is 0 Å². The lowest BCUT2D eigenvalue weighted by atomic mass is 10.1. The Morgan fingerprint density at radius 2 is 1.59 bits per heavy atom. The SMILES string of the molecule is O=C(Nc1ccccc1Br)NC(C(=O)N1CCc2ccccc21)c1ccccc1. The molecular formula is C23H20BrN3O2. The Labute approximate surface area is 177 Å². The van der Waals surface area contributed by atoms with Crippen molar-refractivity contribution < 1.29 is 9.59 Å². The Morgan fingerprint density at radius 1 is 0.897 bits per heavy atom. The molecule has 6 heteroatoms. The molecule has 2 N–H and O–H groups in total. The molecule has 0 aromatic heterocycles. The summed E-state index contributed by atoms with van der Waals surface area (Å²) in [5.74, 6) is -0.150. The van der Waals surface area contributed by atoms with Crippen molar-refractivity contribution in [2.24, 2.45) is 0 Å². The van der Waals surface area contributed by atoms with Crippen molar-refractivity contribution in [1.82, 2.24) is 5.32 Å². The minimum absolute atomic E-state index is 0.150. The monoisotopic (exact) mass is 449 g/mol. The molecule has 3 aromatic rings. The van der Waals surface area contributed by atoms with Gasteiger partial charge in [-0.25, -0.2) is 4.79 Å². The lowest BCUT2D eigenvalue weighted by Crippen LogP contribution is -2.43. The topological polar surface area (TPSA) is 61.4 Å². The molecule has 3 aromatic carbocycles. The minimum Gasteiger partial charge on any atom is -0.322 e. The van der Waals surface area contributed by atoms with Gasteiger partial charge in [0.1, 0.15) is 6.04 Å². The molecule has 1 heterocycles. The number of amides is 3. The van der Waals surface area contributed by atoms with Crippen LogP contribution in [0.4, 0.5) is 16.2 Å². The third-order valence-electron chi connectivity index (χ3n) is 4.93. The molecule has 3 amide bonds. The second-order valence-electron chi connectivity index (χ2n) is 6.79. The van der Waals surface area contributed by atoms with Gasteiger partial charge in [0, 0.05) is 16.7 Å². The molecule has 0 spiro atoms. The molecule has 5 nitrogen and oxygen atoms in total. The van der Waals surface area contributed by atoms with Crippen LogP contribution in [0.15, 0.2) is 83.3 Å². The maximum Gasteiger partial charge on any atom is 0.320 e. The van der Waals surface area contributed by atoms with Gasteiger partial charge < -0.3 is 15.5 Å². The highest BCUT2D eigenvalue weighted by atomic mass is 79.9. The summed E-state index contributed by atoms with van der Waals surface area (Å²) < 4.78 is 0.770. The van der Waals surface area contributed by atoms with Crippen LogP contribution in [0.5, 0.6) is 0 Å². The number of benzene rings is 3. The number of carbonyl (C=O) groups excluding carboxylic acids is 2. The van der Waals surface area contributed by atoms with Crippen LogP contribution in [-0.4, -0.2) is 18.5 Å². The zero-order chi connectivity index (χ0) is 20.2. The Kier molecular flexibility index (Phi) is 5.62. The number of nitrogens with zero attached hydrogens (tertiary/aromatic N) is 1. The number of hydrogen-bond donors (Lipinski definition) is 2. The molecule has 0 bridgehead atoms. The van der Waals surface area contributed by atoms with E-state index in [0.717, 1.165) is 27.7 Å². The van der Waals surface area contributed by atoms with E-state index in [2.05, 4.69) is 26.6 Å². The van der Waals surface area contributed by atoms with Gasteiger partial charge >= 0.3 is 6.03 Å². The average molecular weight is 450 g/mol. The van der Waals surface area contributed by atoms with Crippen molar-refractivity contribution in [2.45, 2.75) is 12.5 Å². The fraction of sp³-hybridized carbons (Fsp3) is 0.130. The van der Waals surface area contributed by atoms with Gasteiger partial charge in [0.25, 0.3) is 5.91 Å². The summed E-state index contributed by atoms with van der Waals surface area (Å²) in [5.41, 5.74) is 3.43. The van der Waals surface area contributed by atoms with Crippen molar-refractivity contribution in [2.75, 3.05) is 16.8 Å². The number of carbonyl (C=O) groups is 2.